The van der Waals surface area contributed by atoms with Crippen molar-refractivity contribution >= 4 is 23.3 Å². The van der Waals surface area contributed by atoms with Gasteiger partial charge in [0.1, 0.15) is 0 Å². The van der Waals surface area contributed by atoms with Gasteiger partial charge >= 0.3 is 0 Å². The molecule has 2 amide bonds. The zero-order valence-electron chi connectivity index (χ0n) is 18.5. The molecule has 0 aliphatic heterocycles. The van der Waals surface area contributed by atoms with E-state index >= 15 is 0 Å². The van der Waals surface area contributed by atoms with E-state index < -0.39 is 17.7 Å². The fraction of sp³-hybridized carbons (Fsp3) is 0.348. The number of amides is 2. The molecule has 4 N–H and O–H groups in total. The molecule has 1 aromatic carbocycles. The number of Topliss-reactive ketones (excluding diaryl/α,β-unsaturated/α-hetero) is 1. The highest BCUT2D eigenvalue weighted by molar-refractivity contribution is 6.05. The Morgan fingerprint density at radius 2 is 1.82 bits per heavy atom. The Morgan fingerprint density at radius 3 is 2.45 bits per heavy atom. The molecule has 1 fully saturated rings. The molecule has 2 atom stereocenters. The molecule has 2 aromatic heterocycles. The van der Waals surface area contributed by atoms with E-state index in [4.69, 9.17) is 5.21 Å². The topological polar surface area (TPSA) is 142 Å². The number of hydroxylamine groups is 1. The van der Waals surface area contributed by atoms with Gasteiger partial charge in [-0.3, -0.25) is 29.4 Å². The number of carbonyl (C=O) groups is 3. The highest BCUT2D eigenvalue weighted by atomic mass is 16.5. The maximum atomic E-state index is 13.3. The summed E-state index contributed by atoms with van der Waals surface area (Å²) >= 11 is 0. The second kappa shape index (κ2) is 9.37. The van der Waals surface area contributed by atoms with Crippen molar-refractivity contribution in [2.75, 3.05) is 5.32 Å². The Hall–Kier alpha value is -3.79. The lowest BCUT2D eigenvalue weighted by molar-refractivity contribution is -0.122. The quantitative estimate of drug-likeness (QED) is 0.258. The molecule has 10 heteroatoms. The summed E-state index contributed by atoms with van der Waals surface area (Å²) < 4.78 is 1.26. The maximum absolute atomic E-state index is 13.3. The molecular weight excluding hydrogens is 424 g/mol. The van der Waals surface area contributed by atoms with Gasteiger partial charge in [-0.2, -0.15) is 10.2 Å². The number of aryl methyl sites for hydroxylation is 2. The third-order valence-corrected chi connectivity index (χ3v) is 6.12. The third-order valence-electron chi connectivity index (χ3n) is 6.12. The van der Waals surface area contributed by atoms with Crippen LogP contribution in [0.1, 0.15) is 52.2 Å². The summed E-state index contributed by atoms with van der Waals surface area (Å²) in [6.45, 7) is 1.92. The van der Waals surface area contributed by atoms with Crippen LogP contribution in [0.25, 0.3) is 11.3 Å². The van der Waals surface area contributed by atoms with Crippen molar-refractivity contribution in [3.8, 4) is 11.3 Å². The first-order valence-corrected chi connectivity index (χ1v) is 10.8. The van der Waals surface area contributed by atoms with Gasteiger partial charge in [0.2, 0.25) is 5.91 Å². The number of carbonyl (C=O) groups excluding carboxylic acids is 3. The fourth-order valence-corrected chi connectivity index (χ4v) is 4.42. The molecular formula is C23H26N6O4. The standard InChI is InChI=1S/C23H26N6O4/c1-13-11-18(27-26-13)14-7-9-15(10-8-14)21(30)16-5-3-4-6-17(16)22(31)25-19-12-24-29(2)20(19)23(32)28-33/h7-12,16-17,33H,3-6H2,1-2H3,(H,25,31)(H,26,27)(H,28,32)/t16-,17-/m1/s1. The molecule has 0 saturated heterocycles. The van der Waals surface area contributed by atoms with E-state index in [-0.39, 0.29) is 23.1 Å². The highest BCUT2D eigenvalue weighted by Crippen LogP contribution is 2.34. The first-order valence-electron chi connectivity index (χ1n) is 10.8. The van der Waals surface area contributed by atoms with E-state index in [1.165, 1.54) is 17.9 Å². The highest BCUT2D eigenvalue weighted by Gasteiger charge is 2.36. The molecule has 1 saturated carbocycles. The number of nitrogens with zero attached hydrogens (tertiary/aromatic N) is 3. The number of nitrogens with one attached hydrogen (secondary N) is 3. The van der Waals surface area contributed by atoms with Crippen LogP contribution in [0.3, 0.4) is 0 Å². The smallest absolute Gasteiger partial charge is 0.295 e. The summed E-state index contributed by atoms with van der Waals surface area (Å²) in [5.41, 5.74) is 4.98. The van der Waals surface area contributed by atoms with Crippen LogP contribution in [-0.2, 0) is 11.8 Å². The van der Waals surface area contributed by atoms with Gasteiger partial charge in [-0.1, -0.05) is 37.1 Å². The van der Waals surface area contributed by atoms with E-state index in [0.717, 1.165) is 29.8 Å². The number of anilines is 1. The molecule has 0 radical (unpaired) electrons. The van der Waals surface area contributed by atoms with Gasteiger partial charge in [-0.15, -0.1) is 0 Å². The Balaban J connectivity index is 1.52. The monoisotopic (exact) mass is 450 g/mol. The lowest BCUT2D eigenvalue weighted by Gasteiger charge is -2.29. The lowest BCUT2D eigenvalue weighted by Crippen LogP contribution is -2.36. The minimum Gasteiger partial charge on any atom is -0.322 e. The zero-order chi connectivity index (χ0) is 23.5. The first-order chi connectivity index (χ1) is 15.9. The van der Waals surface area contributed by atoms with Crippen LogP contribution in [0, 0.1) is 18.8 Å². The van der Waals surface area contributed by atoms with Gasteiger partial charge in [-0.25, -0.2) is 5.48 Å². The number of rotatable bonds is 6. The second-order valence-electron chi connectivity index (χ2n) is 8.34. The van der Waals surface area contributed by atoms with Gasteiger partial charge in [0, 0.05) is 35.7 Å². The molecule has 10 nitrogen and oxygen atoms in total. The minimum atomic E-state index is -0.784. The molecule has 2 heterocycles. The van der Waals surface area contributed by atoms with Crippen LogP contribution < -0.4 is 10.8 Å². The zero-order valence-corrected chi connectivity index (χ0v) is 18.5. The summed E-state index contributed by atoms with van der Waals surface area (Å²) in [6.07, 6.45) is 4.26. The van der Waals surface area contributed by atoms with Crippen LogP contribution in [-0.4, -0.2) is 42.8 Å². The Labute approximate surface area is 190 Å². The van der Waals surface area contributed by atoms with Gasteiger partial charge in [0.25, 0.3) is 5.91 Å². The largest absolute Gasteiger partial charge is 0.322 e. The predicted octanol–water partition coefficient (Wildman–Crippen LogP) is 2.87. The lowest BCUT2D eigenvalue weighted by atomic mass is 9.75. The van der Waals surface area contributed by atoms with E-state index in [2.05, 4.69) is 20.6 Å². The van der Waals surface area contributed by atoms with E-state index in [0.29, 0.717) is 18.4 Å². The summed E-state index contributed by atoms with van der Waals surface area (Å²) in [7, 11) is 1.53. The molecule has 4 rings (SSSR count). The minimum absolute atomic E-state index is 0.0220. The molecule has 0 spiro atoms. The number of H-pyrrole nitrogens is 1. The number of aromatic nitrogens is 4. The van der Waals surface area contributed by atoms with Crippen LogP contribution in [0.2, 0.25) is 0 Å². The molecule has 0 bridgehead atoms. The van der Waals surface area contributed by atoms with Crippen molar-refractivity contribution in [2.45, 2.75) is 32.6 Å². The van der Waals surface area contributed by atoms with Gasteiger partial charge in [0.05, 0.1) is 17.6 Å². The molecule has 1 aliphatic rings. The number of benzene rings is 1. The number of hydrogen-bond acceptors (Lipinski definition) is 6. The normalized spacial score (nSPS) is 18.0. The van der Waals surface area contributed by atoms with Crippen LogP contribution in [0.5, 0.6) is 0 Å². The van der Waals surface area contributed by atoms with Crippen LogP contribution in [0.15, 0.2) is 36.5 Å². The Bertz CT molecular complexity index is 1180. The van der Waals surface area contributed by atoms with Crippen molar-refractivity contribution in [1.82, 2.24) is 25.5 Å². The van der Waals surface area contributed by atoms with Crippen LogP contribution in [0.4, 0.5) is 5.69 Å². The average molecular weight is 450 g/mol. The summed E-state index contributed by atoms with van der Waals surface area (Å²) in [5.74, 6) is -2.17. The Kier molecular flexibility index (Phi) is 6.36. The van der Waals surface area contributed by atoms with Gasteiger partial charge < -0.3 is 5.32 Å². The van der Waals surface area contributed by atoms with Crippen molar-refractivity contribution in [1.29, 1.82) is 0 Å². The van der Waals surface area contributed by atoms with E-state index in [1.54, 1.807) is 17.6 Å². The molecule has 3 aromatic rings. The average Bonchev–Trinajstić information content (AvgIpc) is 3.43. The maximum Gasteiger partial charge on any atom is 0.295 e. The summed E-state index contributed by atoms with van der Waals surface area (Å²) in [5, 5.41) is 22.8. The van der Waals surface area contributed by atoms with Crippen molar-refractivity contribution in [3.63, 3.8) is 0 Å². The molecule has 33 heavy (non-hydrogen) atoms. The molecule has 172 valence electrons. The van der Waals surface area contributed by atoms with Crippen LogP contribution >= 0.6 is 0 Å². The SMILES string of the molecule is Cc1cc(-c2ccc(C(=O)[C@@H]3CCCC[C@H]3C(=O)Nc3cnn(C)c3C(=O)NO)cc2)n[nH]1. The van der Waals surface area contributed by atoms with Crippen molar-refractivity contribution < 1.29 is 19.6 Å². The number of ketones is 1. The van der Waals surface area contributed by atoms with Gasteiger partial charge in [-0.05, 0) is 25.8 Å². The molecule has 1 aliphatic carbocycles. The predicted molar refractivity (Wildman–Crippen MR) is 120 cm³/mol. The number of hydrogen-bond donors (Lipinski definition) is 4. The first kappa shape index (κ1) is 22.4. The number of aromatic amines is 1. The summed E-state index contributed by atoms with van der Waals surface area (Å²) in [6, 6.07) is 9.19. The Morgan fingerprint density at radius 1 is 1.12 bits per heavy atom. The van der Waals surface area contributed by atoms with Crippen molar-refractivity contribution in [2.24, 2.45) is 18.9 Å². The second-order valence-corrected chi connectivity index (χ2v) is 8.34. The van der Waals surface area contributed by atoms with E-state index in [9.17, 15) is 14.4 Å². The van der Waals surface area contributed by atoms with Gasteiger partial charge in [0.15, 0.2) is 11.5 Å². The fourth-order valence-electron chi connectivity index (χ4n) is 4.42. The third kappa shape index (κ3) is 4.56. The molecule has 0 unspecified atom stereocenters. The van der Waals surface area contributed by atoms with E-state index in [1.807, 2.05) is 25.1 Å². The van der Waals surface area contributed by atoms with Crippen molar-refractivity contribution in [3.05, 3.63) is 53.5 Å². The summed E-state index contributed by atoms with van der Waals surface area (Å²) in [4.78, 5) is 38.4.